The predicted octanol–water partition coefficient (Wildman–Crippen LogP) is 10.2. The highest BCUT2D eigenvalue weighted by atomic mass is 28.4. The minimum atomic E-state index is -2.77. The summed E-state index contributed by atoms with van der Waals surface area (Å²) in [5.41, 5.74) is 1.94. The van der Waals surface area contributed by atoms with Gasteiger partial charge in [-0.25, -0.2) is 14.4 Å². The molecule has 0 amide bonds. The quantitative estimate of drug-likeness (QED) is 0.0256. The third kappa shape index (κ3) is 12.0. The van der Waals surface area contributed by atoms with Crippen molar-refractivity contribution < 1.29 is 57.1 Å². The fourth-order valence-electron chi connectivity index (χ4n) is 8.19. The Morgan fingerprint density at radius 2 is 0.928 bits per heavy atom. The van der Waals surface area contributed by atoms with E-state index in [1.807, 2.05) is 106 Å². The van der Waals surface area contributed by atoms with Crippen LogP contribution in [0.3, 0.4) is 0 Å². The van der Waals surface area contributed by atoms with Crippen LogP contribution < -0.4 is 9.47 Å². The molecule has 69 heavy (non-hydrogen) atoms. The molecule has 1 N–H and O–H groups in total. The fraction of sp³-hybridized carbons (Fsp3) is 0.304. The first-order chi connectivity index (χ1) is 33.2. The summed E-state index contributed by atoms with van der Waals surface area (Å²) in [7, 11) is 0.446. The first-order valence-electron chi connectivity index (χ1n) is 23.0. The average Bonchev–Trinajstić information content (AvgIpc) is 3.38. The van der Waals surface area contributed by atoms with Crippen molar-refractivity contribution in [3.63, 3.8) is 0 Å². The highest BCUT2D eigenvalue weighted by Crippen LogP contribution is 2.44. The van der Waals surface area contributed by atoms with Crippen LogP contribution in [0.15, 0.2) is 170 Å². The van der Waals surface area contributed by atoms with E-state index in [-0.39, 0.29) is 36.3 Å². The minimum Gasteiger partial charge on any atom is -0.497 e. The van der Waals surface area contributed by atoms with Crippen molar-refractivity contribution in [2.24, 2.45) is 0 Å². The molecule has 0 aromatic heterocycles. The SMILES string of the molecule is COc1ccc(C(OCCOC2OC(CCC(C)(C)[Si](C)(C)O)C(OC(=O)c3ccccc3)C(OC(=O)c3ccccc3)C2OC(=O)c2ccccc2)(c2ccccc2)c2ccc(OC)cc2)cc1. The Kier molecular flexibility index (Phi) is 16.5. The monoisotopic (exact) mass is 952 g/mol. The summed E-state index contributed by atoms with van der Waals surface area (Å²) in [6.45, 7) is 7.55. The van der Waals surface area contributed by atoms with Gasteiger partial charge in [-0.05, 0) is 108 Å². The van der Waals surface area contributed by atoms with Gasteiger partial charge in [0, 0.05) is 0 Å². The molecule has 1 aliphatic heterocycles. The van der Waals surface area contributed by atoms with Gasteiger partial charge < -0.3 is 42.7 Å². The van der Waals surface area contributed by atoms with Crippen molar-refractivity contribution >= 4 is 26.2 Å². The lowest BCUT2D eigenvalue weighted by molar-refractivity contribution is -0.297. The largest absolute Gasteiger partial charge is 0.497 e. The number of esters is 3. The standard InChI is InChI=1S/C56H60O12Si/c1-55(2,69(5,6)60)36-35-47-48(66-51(57)39-19-11-7-12-20-39)49(67-52(58)40-21-13-8-14-22-40)50(68-53(59)41-23-15-9-16-24-41)54(65-47)63-37-38-64-56(42-25-17-10-18-26-42,43-27-31-45(61-3)32-28-43)44-29-33-46(62-4)34-30-44/h7-34,47-50,54,60H,35-38H2,1-6H3. The van der Waals surface area contributed by atoms with Crippen LogP contribution in [0, 0.1) is 0 Å². The van der Waals surface area contributed by atoms with E-state index in [0.717, 1.165) is 16.7 Å². The third-order valence-corrected chi connectivity index (χ3v) is 16.5. The lowest BCUT2D eigenvalue weighted by Gasteiger charge is -2.46. The molecular formula is C56H60O12Si. The highest BCUT2D eigenvalue weighted by Gasteiger charge is 2.54. The molecule has 1 aliphatic rings. The molecule has 1 saturated heterocycles. The van der Waals surface area contributed by atoms with Crippen molar-refractivity contribution in [3.8, 4) is 11.5 Å². The zero-order chi connectivity index (χ0) is 49.0. The molecule has 0 radical (unpaired) electrons. The van der Waals surface area contributed by atoms with Crippen LogP contribution in [0.4, 0.5) is 0 Å². The Labute approximate surface area is 405 Å². The first kappa shape index (κ1) is 50.3. The molecule has 12 nitrogen and oxygen atoms in total. The van der Waals surface area contributed by atoms with Gasteiger partial charge in [-0.2, -0.15) is 0 Å². The molecule has 13 heteroatoms. The molecule has 0 aliphatic carbocycles. The molecule has 5 atom stereocenters. The predicted molar refractivity (Wildman–Crippen MR) is 263 cm³/mol. The van der Waals surface area contributed by atoms with Crippen molar-refractivity contribution in [1.82, 2.24) is 0 Å². The molecule has 360 valence electrons. The van der Waals surface area contributed by atoms with Gasteiger partial charge in [0.1, 0.15) is 23.2 Å². The van der Waals surface area contributed by atoms with Gasteiger partial charge in [-0.1, -0.05) is 123 Å². The van der Waals surface area contributed by atoms with Gasteiger partial charge in [-0.3, -0.25) is 0 Å². The van der Waals surface area contributed by atoms with Crippen LogP contribution >= 0.6 is 0 Å². The molecule has 0 spiro atoms. The Bertz CT molecular complexity index is 2520. The van der Waals surface area contributed by atoms with Crippen LogP contribution in [0.5, 0.6) is 11.5 Å². The number of methoxy groups -OCH3 is 2. The van der Waals surface area contributed by atoms with E-state index >= 15 is 0 Å². The Morgan fingerprint density at radius 3 is 1.35 bits per heavy atom. The van der Waals surface area contributed by atoms with Crippen LogP contribution in [0.2, 0.25) is 18.1 Å². The average molecular weight is 953 g/mol. The van der Waals surface area contributed by atoms with E-state index in [0.29, 0.717) is 17.9 Å². The van der Waals surface area contributed by atoms with E-state index in [1.54, 1.807) is 105 Å². The normalized spacial score (nSPS) is 18.4. The van der Waals surface area contributed by atoms with Gasteiger partial charge in [-0.15, -0.1) is 0 Å². The fourth-order valence-corrected chi connectivity index (χ4v) is 8.94. The molecule has 1 heterocycles. The van der Waals surface area contributed by atoms with E-state index in [2.05, 4.69) is 0 Å². The Balaban J connectivity index is 1.29. The van der Waals surface area contributed by atoms with Gasteiger partial charge in [0.05, 0.1) is 44.1 Å². The van der Waals surface area contributed by atoms with Crippen molar-refractivity contribution in [2.45, 2.75) is 81.1 Å². The number of hydrogen-bond donors (Lipinski definition) is 1. The Morgan fingerprint density at radius 1 is 0.536 bits per heavy atom. The van der Waals surface area contributed by atoms with Crippen molar-refractivity contribution in [3.05, 3.63) is 203 Å². The first-order valence-corrected chi connectivity index (χ1v) is 25.9. The molecule has 5 unspecified atom stereocenters. The van der Waals surface area contributed by atoms with Crippen LogP contribution in [0.25, 0.3) is 0 Å². The summed E-state index contributed by atoms with van der Waals surface area (Å²) in [6, 6.07) is 50.2. The van der Waals surface area contributed by atoms with Crippen molar-refractivity contribution in [2.75, 3.05) is 27.4 Å². The van der Waals surface area contributed by atoms with Crippen LogP contribution in [0.1, 0.15) is 74.5 Å². The molecule has 0 bridgehead atoms. The second-order valence-electron chi connectivity index (χ2n) is 18.0. The van der Waals surface area contributed by atoms with Crippen LogP contribution in [-0.2, 0) is 34.0 Å². The lowest BCUT2D eigenvalue weighted by atomic mass is 9.80. The molecule has 0 saturated carbocycles. The highest BCUT2D eigenvalue weighted by molar-refractivity contribution is 6.72. The van der Waals surface area contributed by atoms with E-state index < -0.39 is 67.6 Å². The maximum Gasteiger partial charge on any atom is 0.338 e. The second-order valence-corrected chi connectivity index (χ2v) is 22.4. The summed E-state index contributed by atoms with van der Waals surface area (Å²) in [6.07, 6.45) is -5.95. The molecule has 6 aromatic rings. The minimum absolute atomic E-state index is 0.0327. The number of ether oxygens (including phenoxy) is 8. The number of carbonyl (C=O) groups excluding carboxylic acids is 3. The molecule has 1 fully saturated rings. The van der Waals surface area contributed by atoms with Gasteiger partial charge >= 0.3 is 17.9 Å². The molecular weight excluding hydrogens is 893 g/mol. The van der Waals surface area contributed by atoms with Gasteiger partial charge in [0.2, 0.25) is 0 Å². The summed E-state index contributed by atoms with van der Waals surface area (Å²) in [5.74, 6) is -0.871. The number of benzene rings is 6. The second kappa shape index (κ2) is 22.7. The maximum atomic E-state index is 14.2. The summed E-state index contributed by atoms with van der Waals surface area (Å²) < 4.78 is 50.6. The van der Waals surface area contributed by atoms with Gasteiger partial charge in [0.25, 0.3) is 0 Å². The van der Waals surface area contributed by atoms with E-state index in [9.17, 15) is 19.2 Å². The van der Waals surface area contributed by atoms with E-state index in [4.69, 9.17) is 37.9 Å². The van der Waals surface area contributed by atoms with E-state index in [1.165, 1.54) is 0 Å². The molecule has 7 rings (SSSR count). The smallest absolute Gasteiger partial charge is 0.338 e. The lowest BCUT2D eigenvalue weighted by Crippen LogP contribution is -2.62. The molecule has 6 aromatic carbocycles. The zero-order valence-electron chi connectivity index (χ0n) is 39.8. The zero-order valence-corrected chi connectivity index (χ0v) is 40.8. The number of carbonyl (C=O) groups is 3. The maximum absolute atomic E-state index is 14.2. The summed E-state index contributed by atoms with van der Waals surface area (Å²) in [4.78, 5) is 53.8. The Hall–Kier alpha value is -6.61. The van der Waals surface area contributed by atoms with Crippen LogP contribution in [-0.4, -0.2) is 89.2 Å². The number of rotatable bonds is 20. The summed E-state index contributed by atoms with van der Waals surface area (Å²) in [5, 5.41) is -0.537. The number of hydrogen-bond acceptors (Lipinski definition) is 12. The summed E-state index contributed by atoms with van der Waals surface area (Å²) >= 11 is 0. The third-order valence-electron chi connectivity index (χ3n) is 12.9. The van der Waals surface area contributed by atoms with Crippen molar-refractivity contribution in [1.29, 1.82) is 0 Å². The topological polar surface area (TPSA) is 145 Å². The van der Waals surface area contributed by atoms with Gasteiger partial charge in [0.15, 0.2) is 32.9 Å².